The monoisotopic (exact) mass is 454 g/mol. The van der Waals surface area contributed by atoms with E-state index in [2.05, 4.69) is 40.3 Å². The van der Waals surface area contributed by atoms with Crippen molar-refractivity contribution in [3.05, 3.63) is 52.7 Å². The van der Waals surface area contributed by atoms with Gasteiger partial charge in [-0.25, -0.2) is 0 Å². The van der Waals surface area contributed by atoms with Gasteiger partial charge in [-0.05, 0) is 74.9 Å². The molecule has 32 heavy (non-hydrogen) atoms. The van der Waals surface area contributed by atoms with Crippen molar-refractivity contribution in [3.63, 3.8) is 0 Å². The smallest absolute Gasteiger partial charge is 0.241 e. The highest BCUT2D eigenvalue weighted by atomic mass is 32.1. The van der Waals surface area contributed by atoms with E-state index in [1.807, 2.05) is 36.6 Å². The van der Waals surface area contributed by atoms with Crippen LogP contribution in [0.3, 0.4) is 0 Å². The Labute approximate surface area is 192 Å². The molecule has 0 saturated carbocycles. The Hall–Kier alpha value is -2.71. The van der Waals surface area contributed by atoms with Gasteiger partial charge in [-0.3, -0.25) is 9.69 Å². The molecule has 1 saturated heterocycles. The lowest BCUT2D eigenvalue weighted by atomic mass is 9.97. The highest BCUT2D eigenvalue weighted by Crippen LogP contribution is 2.23. The maximum Gasteiger partial charge on any atom is 0.241 e. The van der Waals surface area contributed by atoms with Crippen molar-refractivity contribution >= 4 is 17.2 Å². The van der Waals surface area contributed by atoms with E-state index in [1.165, 1.54) is 11.1 Å². The molecule has 1 fully saturated rings. The number of likely N-dealkylation sites (tertiary alicyclic amines) is 1. The predicted molar refractivity (Wildman–Crippen MR) is 125 cm³/mol. The largest absolute Gasteiger partial charge is 0.491 e. The molecular weight excluding hydrogens is 424 g/mol. The van der Waals surface area contributed by atoms with Crippen LogP contribution in [0, 0.1) is 19.8 Å². The molecular formula is C24H30N4O3S. The molecule has 1 aliphatic heterocycles. The number of amides is 1. The highest BCUT2D eigenvalue weighted by molar-refractivity contribution is 7.13. The summed E-state index contributed by atoms with van der Waals surface area (Å²) in [5, 5.41) is 9.18. The Morgan fingerprint density at radius 1 is 1.34 bits per heavy atom. The van der Waals surface area contributed by atoms with E-state index in [0.29, 0.717) is 31.4 Å². The Morgan fingerprint density at radius 3 is 3.00 bits per heavy atom. The van der Waals surface area contributed by atoms with Gasteiger partial charge in [0.15, 0.2) is 0 Å². The van der Waals surface area contributed by atoms with Crippen molar-refractivity contribution in [2.45, 2.75) is 46.2 Å². The quantitative estimate of drug-likeness (QED) is 0.549. The highest BCUT2D eigenvalue weighted by Gasteiger charge is 2.27. The van der Waals surface area contributed by atoms with Gasteiger partial charge in [0.05, 0.1) is 23.4 Å². The summed E-state index contributed by atoms with van der Waals surface area (Å²) in [5.41, 5.74) is 2.44. The van der Waals surface area contributed by atoms with Crippen molar-refractivity contribution in [1.29, 1.82) is 0 Å². The van der Waals surface area contributed by atoms with Crippen LogP contribution in [-0.2, 0) is 11.3 Å². The molecule has 0 radical (unpaired) electrons. The molecule has 0 bridgehead atoms. The molecule has 0 aliphatic carbocycles. The molecule has 4 rings (SSSR count). The third kappa shape index (κ3) is 5.75. The number of hydrogen-bond donors (Lipinski definition) is 1. The number of aryl methyl sites for hydroxylation is 2. The fraction of sp³-hybridized carbons (Fsp3) is 0.458. The number of hydrogen-bond acceptors (Lipinski definition) is 7. The van der Waals surface area contributed by atoms with Crippen LogP contribution in [0.15, 0.2) is 40.2 Å². The number of carbonyl (C=O) groups is 1. The first kappa shape index (κ1) is 22.5. The summed E-state index contributed by atoms with van der Waals surface area (Å²) in [6.07, 6.45) is 1.86. The van der Waals surface area contributed by atoms with E-state index in [0.717, 1.165) is 30.0 Å². The normalized spacial score (nSPS) is 17.8. The van der Waals surface area contributed by atoms with E-state index in [9.17, 15) is 4.79 Å². The van der Waals surface area contributed by atoms with Crippen molar-refractivity contribution < 1.29 is 14.1 Å². The van der Waals surface area contributed by atoms with E-state index in [1.54, 1.807) is 11.3 Å². The van der Waals surface area contributed by atoms with Crippen LogP contribution in [-0.4, -0.2) is 46.7 Å². The number of carbonyl (C=O) groups excluding carboxylic acids is 1. The van der Waals surface area contributed by atoms with Gasteiger partial charge < -0.3 is 14.6 Å². The Kier molecular flexibility index (Phi) is 7.22. The van der Waals surface area contributed by atoms with Gasteiger partial charge in [0.25, 0.3) is 0 Å². The van der Waals surface area contributed by atoms with Crippen LogP contribution >= 0.6 is 11.3 Å². The number of aromatic nitrogens is 2. The fourth-order valence-electron chi connectivity index (χ4n) is 3.86. The number of nitrogens with one attached hydrogen (secondary N) is 1. The number of nitrogens with zero attached hydrogens (tertiary/aromatic N) is 3. The molecule has 0 spiro atoms. The minimum atomic E-state index is -0.0659. The summed E-state index contributed by atoms with van der Waals surface area (Å²) in [7, 11) is 0. The van der Waals surface area contributed by atoms with Crippen LogP contribution < -0.4 is 10.1 Å². The van der Waals surface area contributed by atoms with Crippen molar-refractivity contribution in [2.24, 2.45) is 5.92 Å². The summed E-state index contributed by atoms with van der Waals surface area (Å²) >= 11 is 1.59. The van der Waals surface area contributed by atoms with E-state index in [-0.39, 0.29) is 17.9 Å². The second kappa shape index (κ2) is 10.3. The second-order valence-electron chi connectivity index (χ2n) is 8.53. The molecule has 2 atom stereocenters. The zero-order valence-electron chi connectivity index (χ0n) is 18.8. The average Bonchev–Trinajstić information content (AvgIpc) is 3.47. The maximum atomic E-state index is 12.8. The van der Waals surface area contributed by atoms with Gasteiger partial charge in [0.2, 0.25) is 17.6 Å². The SMILES string of the molecule is Cc1ccc(OCC(C)NC(=O)C2CCCN(Cc3nc(-c4cccs4)no3)C2)cc1C. The number of piperidine rings is 1. The lowest BCUT2D eigenvalue weighted by Gasteiger charge is -2.31. The first-order chi connectivity index (χ1) is 15.5. The van der Waals surface area contributed by atoms with Gasteiger partial charge in [-0.1, -0.05) is 17.3 Å². The minimum absolute atomic E-state index is 0.0486. The molecule has 3 heterocycles. The molecule has 1 aromatic carbocycles. The summed E-state index contributed by atoms with van der Waals surface area (Å²) < 4.78 is 11.3. The lowest BCUT2D eigenvalue weighted by Crippen LogP contribution is -2.46. The van der Waals surface area contributed by atoms with Crippen LogP contribution in [0.1, 0.15) is 36.8 Å². The van der Waals surface area contributed by atoms with Gasteiger partial charge >= 0.3 is 0 Å². The fourth-order valence-corrected chi connectivity index (χ4v) is 4.51. The van der Waals surface area contributed by atoms with Crippen LogP contribution in [0.25, 0.3) is 10.7 Å². The van der Waals surface area contributed by atoms with Crippen LogP contribution in [0.5, 0.6) is 5.75 Å². The number of thiophene rings is 1. The zero-order chi connectivity index (χ0) is 22.5. The van der Waals surface area contributed by atoms with Gasteiger partial charge in [-0.2, -0.15) is 4.98 Å². The van der Waals surface area contributed by atoms with Gasteiger partial charge in [0.1, 0.15) is 12.4 Å². The van der Waals surface area contributed by atoms with Crippen molar-refractivity contribution in [2.75, 3.05) is 19.7 Å². The molecule has 8 heteroatoms. The molecule has 3 aromatic rings. The van der Waals surface area contributed by atoms with Gasteiger partial charge in [-0.15, -0.1) is 11.3 Å². The summed E-state index contributed by atoms with van der Waals surface area (Å²) in [6.45, 7) is 8.74. The van der Waals surface area contributed by atoms with Crippen LogP contribution in [0.2, 0.25) is 0 Å². The average molecular weight is 455 g/mol. The lowest BCUT2D eigenvalue weighted by molar-refractivity contribution is -0.127. The molecule has 1 amide bonds. The Morgan fingerprint density at radius 2 is 2.22 bits per heavy atom. The molecule has 1 N–H and O–H groups in total. The minimum Gasteiger partial charge on any atom is -0.491 e. The zero-order valence-corrected chi connectivity index (χ0v) is 19.7. The first-order valence-corrected chi connectivity index (χ1v) is 11.9. The summed E-state index contributed by atoms with van der Waals surface area (Å²) in [5.74, 6) is 2.08. The first-order valence-electron chi connectivity index (χ1n) is 11.1. The number of rotatable bonds is 8. The number of ether oxygens (including phenoxy) is 1. The molecule has 2 unspecified atom stereocenters. The Bertz CT molecular complexity index is 1030. The number of benzene rings is 1. The molecule has 7 nitrogen and oxygen atoms in total. The summed E-state index contributed by atoms with van der Waals surface area (Å²) in [6, 6.07) is 9.94. The topological polar surface area (TPSA) is 80.5 Å². The maximum absolute atomic E-state index is 12.8. The molecule has 1 aliphatic rings. The predicted octanol–water partition coefficient (Wildman–Crippen LogP) is 4.21. The Balaban J connectivity index is 1.25. The summed E-state index contributed by atoms with van der Waals surface area (Å²) in [4.78, 5) is 20.5. The van der Waals surface area contributed by atoms with Gasteiger partial charge in [0, 0.05) is 6.54 Å². The van der Waals surface area contributed by atoms with Crippen molar-refractivity contribution in [1.82, 2.24) is 20.4 Å². The third-order valence-corrected chi connectivity index (χ3v) is 6.68. The van der Waals surface area contributed by atoms with E-state index < -0.39 is 0 Å². The van der Waals surface area contributed by atoms with Crippen molar-refractivity contribution in [3.8, 4) is 16.5 Å². The third-order valence-electron chi connectivity index (χ3n) is 5.81. The molecule has 2 aromatic heterocycles. The molecule has 170 valence electrons. The van der Waals surface area contributed by atoms with E-state index >= 15 is 0 Å². The van der Waals surface area contributed by atoms with Crippen LogP contribution in [0.4, 0.5) is 0 Å². The van der Waals surface area contributed by atoms with E-state index in [4.69, 9.17) is 9.26 Å². The second-order valence-corrected chi connectivity index (χ2v) is 9.48. The standard InChI is InChI=1S/C24H30N4O3S/c1-16-8-9-20(12-17(16)2)30-15-18(3)25-24(29)19-6-4-10-28(13-19)14-22-26-23(27-31-22)21-7-5-11-32-21/h5,7-9,11-12,18-19H,4,6,10,13-15H2,1-3H3,(H,25,29).